The molecule has 4 heteroatoms. The van der Waals surface area contributed by atoms with Crippen LogP contribution in [0.4, 0.5) is 5.69 Å². The van der Waals surface area contributed by atoms with E-state index in [2.05, 4.69) is 105 Å². The van der Waals surface area contributed by atoms with E-state index in [0.29, 0.717) is 0 Å². The molecule has 0 radical (unpaired) electrons. The van der Waals surface area contributed by atoms with E-state index in [9.17, 15) is 0 Å². The molecule has 3 rings (SSSR count). The highest BCUT2D eigenvalue weighted by Gasteiger charge is 2.62. The number of benzene rings is 1. The molecule has 1 nitrogen and oxygen atoms in total. The van der Waals surface area contributed by atoms with Gasteiger partial charge in [-0.15, -0.1) is 5.47 Å². The average Bonchev–Trinajstić information content (AvgIpc) is 3.05. The van der Waals surface area contributed by atoms with E-state index < -0.39 is 4.84 Å². The maximum Gasteiger partial charge on any atom is 0.426 e. The predicted octanol–water partition coefficient (Wildman–Crippen LogP) is 6.29. The number of aryl methyl sites for hydroxylation is 2. The van der Waals surface area contributed by atoms with Gasteiger partial charge >= 0.3 is 4.84 Å². The molecule has 0 bridgehead atoms. The Morgan fingerprint density at radius 2 is 1.39 bits per heavy atom. The molecule has 0 saturated carbocycles. The SMILES string of the molecule is Cc1cccc(C)c1[N+]1=C(C(C)(C)C)C=C(C(C)(C)C)[B-]12SS2. The third-order valence-electron chi connectivity index (χ3n) is 4.88. The Hall–Kier alpha value is -0.605. The van der Waals surface area contributed by atoms with Crippen LogP contribution in [0.1, 0.15) is 52.7 Å². The Morgan fingerprint density at radius 1 is 0.870 bits per heavy atom. The summed E-state index contributed by atoms with van der Waals surface area (Å²) >= 11 is 0. The lowest BCUT2D eigenvalue weighted by Crippen LogP contribution is -2.36. The maximum atomic E-state index is 2.70. The van der Waals surface area contributed by atoms with Crippen LogP contribution in [0.3, 0.4) is 0 Å². The van der Waals surface area contributed by atoms with Crippen LogP contribution in [0.15, 0.2) is 29.7 Å². The largest absolute Gasteiger partial charge is 0.426 e. The molecule has 1 spiro atoms. The lowest BCUT2D eigenvalue weighted by atomic mass is 9.65. The zero-order valence-electron chi connectivity index (χ0n) is 15.7. The van der Waals surface area contributed by atoms with E-state index in [0.717, 1.165) is 0 Å². The van der Waals surface area contributed by atoms with Crippen molar-refractivity contribution in [1.29, 1.82) is 0 Å². The van der Waals surface area contributed by atoms with Gasteiger partial charge in [-0.3, -0.25) is 0 Å². The van der Waals surface area contributed by atoms with Crippen molar-refractivity contribution in [3.05, 3.63) is 40.9 Å². The standard InChI is InChI=1S/C19H28BNS2/c1-13-10-9-11-14(2)17(13)21-16(19(6,7)8)12-15(18(3,4)5)20(21)22-23-20/h9-12H,1-8H3. The molecule has 23 heavy (non-hydrogen) atoms. The number of rotatable bonds is 1. The van der Waals surface area contributed by atoms with Crippen LogP contribution in [0, 0.1) is 24.7 Å². The molecule has 1 aromatic carbocycles. The zero-order chi connectivity index (χ0) is 17.2. The third-order valence-corrected chi connectivity index (χ3v) is 8.04. The summed E-state index contributed by atoms with van der Waals surface area (Å²) in [5, 5.41) is 0. The Labute approximate surface area is 149 Å². The highest BCUT2D eigenvalue weighted by molar-refractivity contribution is 9.22. The minimum absolute atomic E-state index is 0.139. The lowest BCUT2D eigenvalue weighted by Gasteiger charge is -2.29. The van der Waals surface area contributed by atoms with Gasteiger partial charge in [0.2, 0.25) is 0 Å². The molecule has 124 valence electrons. The van der Waals surface area contributed by atoms with Crippen LogP contribution >= 0.6 is 21.3 Å². The highest BCUT2D eigenvalue weighted by Crippen LogP contribution is 2.70. The van der Waals surface area contributed by atoms with Crippen LogP contribution in [0.25, 0.3) is 0 Å². The monoisotopic (exact) mass is 345 g/mol. The molecule has 1 aromatic rings. The third kappa shape index (κ3) is 2.72. The minimum Gasteiger partial charge on any atom is -0.393 e. The summed E-state index contributed by atoms with van der Waals surface area (Å²) in [6.07, 6.45) is 2.51. The van der Waals surface area contributed by atoms with Gasteiger partial charge in [0, 0.05) is 16.5 Å². The first kappa shape index (κ1) is 17.2. The highest BCUT2D eigenvalue weighted by atomic mass is 33.2. The summed E-state index contributed by atoms with van der Waals surface area (Å²) in [4.78, 5) is -0.715. The van der Waals surface area contributed by atoms with E-state index in [1.165, 1.54) is 22.5 Å². The molecule has 2 heterocycles. The summed E-state index contributed by atoms with van der Waals surface area (Å²) in [5.41, 5.74) is 7.61. The molecule has 1 fully saturated rings. The van der Waals surface area contributed by atoms with Crippen LogP contribution in [0.2, 0.25) is 0 Å². The molecule has 0 aromatic heterocycles. The lowest BCUT2D eigenvalue weighted by molar-refractivity contribution is -0.285. The molecule has 0 atom stereocenters. The van der Waals surface area contributed by atoms with Gasteiger partial charge in [-0.05, 0) is 25.3 Å². The molecule has 0 N–H and O–H groups in total. The van der Waals surface area contributed by atoms with Crippen molar-refractivity contribution >= 4 is 37.5 Å². The van der Waals surface area contributed by atoms with Crippen molar-refractivity contribution in [2.75, 3.05) is 0 Å². The molecule has 0 unspecified atom stereocenters. The predicted molar refractivity (Wildman–Crippen MR) is 109 cm³/mol. The Kier molecular flexibility index (Phi) is 3.89. The molecular weight excluding hydrogens is 317 g/mol. The molecule has 0 aliphatic carbocycles. The first-order chi connectivity index (χ1) is 10.5. The van der Waals surface area contributed by atoms with Crippen molar-refractivity contribution in [3.8, 4) is 0 Å². The summed E-state index contributed by atoms with van der Waals surface area (Å²) in [6, 6.07) is 6.67. The second kappa shape index (κ2) is 5.19. The van der Waals surface area contributed by atoms with E-state index >= 15 is 0 Å². The van der Waals surface area contributed by atoms with Gasteiger partial charge in [0.05, 0.1) is 0 Å². The van der Waals surface area contributed by atoms with Gasteiger partial charge in [-0.25, -0.2) is 21.3 Å². The minimum atomic E-state index is -0.715. The summed E-state index contributed by atoms with van der Waals surface area (Å²) in [5.74, 6) is 0. The van der Waals surface area contributed by atoms with Crippen LogP contribution in [0.5, 0.6) is 0 Å². The first-order valence-corrected chi connectivity index (χ1v) is 10.7. The fourth-order valence-electron chi connectivity index (χ4n) is 3.70. The van der Waals surface area contributed by atoms with Crippen molar-refractivity contribution in [2.24, 2.45) is 10.8 Å². The van der Waals surface area contributed by atoms with E-state index in [4.69, 9.17) is 0 Å². The van der Waals surface area contributed by atoms with Crippen molar-refractivity contribution in [1.82, 2.24) is 0 Å². The van der Waals surface area contributed by atoms with Crippen LogP contribution in [-0.4, -0.2) is 15.0 Å². The van der Waals surface area contributed by atoms with E-state index in [1.54, 1.807) is 5.47 Å². The average molecular weight is 345 g/mol. The number of allylic oxidation sites excluding steroid dienone is 2. The fraction of sp³-hybridized carbons (Fsp3) is 0.526. The molecule has 1 saturated heterocycles. The topological polar surface area (TPSA) is 3.01 Å². The number of nitrogens with zero attached hydrogens (tertiary/aromatic N) is 1. The fourth-order valence-corrected chi connectivity index (χ4v) is 6.92. The van der Waals surface area contributed by atoms with E-state index in [-0.39, 0.29) is 10.8 Å². The van der Waals surface area contributed by atoms with Crippen LogP contribution in [-0.2, 0) is 0 Å². The van der Waals surface area contributed by atoms with Gasteiger partial charge in [-0.2, -0.15) is 0 Å². The first-order valence-electron chi connectivity index (χ1n) is 8.45. The molecular formula is C19H28BNS2. The van der Waals surface area contributed by atoms with Gasteiger partial charge in [-0.1, -0.05) is 59.7 Å². The molecule has 2 aliphatic rings. The quantitative estimate of drug-likeness (QED) is 0.334. The van der Waals surface area contributed by atoms with Gasteiger partial charge < -0.3 is 4.49 Å². The Bertz CT molecular complexity index is 708. The van der Waals surface area contributed by atoms with Crippen molar-refractivity contribution < 1.29 is 4.49 Å². The van der Waals surface area contributed by atoms with Crippen molar-refractivity contribution in [2.45, 2.75) is 55.4 Å². The molecule has 0 amide bonds. The summed E-state index contributed by atoms with van der Waals surface area (Å²) < 4.78 is 2.70. The smallest absolute Gasteiger partial charge is 0.393 e. The van der Waals surface area contributed by atoms with E-state index in [1.807, 2.05) is 0 Å². The van der Waals surface area contributed by atoms with Crippen LogP contribution < -0.4 is 0 Å². The Morgan fingerprint density at radius 3 is 1.78 bits per heavy atom. The maximum absolute atomic E-state index is 2.70. The van der Waals surface area contributed by atoms with Gasteiger partial charge in [0.15, 0.2) is 5.69 Å². The summed E-state index contributed by atoms with van der Waals surface area (Å²) in [6.45, 7) is 18.6. The zero-order valence-corrected chi connectivity index (χ0v) is 17.3. The van der Waals surface area contributed by atoms with Crippen molar-refractivity contribution in [3.63, 3.8) is 0 Å². The number of hydrogen-bond acceptors (Lipinski definition) is 2. The van der Waals surface area contributed by atoms with Gasteiger partial charge in [0.1, 0.15) is 5.71 Å². The molecule has 2 aliphatic heterocycles. The number of para-hydroxylation sites is 1. The summed E-state index contributed by atoms with van der Waals surface area (Å²) in [7, 11) is 4.14. The second-order valence-electron chi connectivity index (χ2n) is 8.96. The van der Waals surface area contributed by atoms with Gasteiger partial charge in [0.25, 0.3) is 0 Å². The second-order valence-corrected chi connectivity index (χ2v) is 12.2. The normalized spacial score (nSPS) is 20.3. The number of hydrogen-bond donors (Lipinski definition) is 0. The Balaban J connectivity index is 2.30.